The van der Waals surface area contributed by atoms with Gasteiger partial charge in [0.05, 0.1) is 27.4 Å². The van der Waals surface area contributed by atoms with Crippen molar-refractivity contribution in [3.05, 3.63) is 83.0 Å². The zero-order chi connectivity index (χ0) is 24.5. The lowest BCUT2D eigenvalue weighted by Gasteiger charge is -2.36. The first-order valence-electron chi connectivity index (χ1n) is 11.6. The molecule has 0 bridgehead atoms. The van der Waals surface area contributed by atoms with Gasteiger partial charge >= 0.3 is 6.03 Å². The molecule has 0 unspecified atom stereocenters. The van der Waals surface area contributed by atoms with E-state index in [0.29, 0.717) is 23.7 Å². The Labute approximate surface area is 204 Å². The summed E-state index contributed by atoms with van der Waals surface area (Å²) in [5.74, 6) is 1.99. The molecule has 35 heavy (non-hydrogen) atoms. The van der Waals surface area contributed by atoms with Gasteiger partial charge in [-0.2, -0.15) is 0 Å². The number of fused-ring (bicyclic) bond motifs is 3. The topological polar surface area (TPSA) is 75.8 Å². The van der Waals surface area contributed by atoms with Crippen molar-refractivity contribution in [1.29, 1.82) is 0 Å². The molecule has 1 aliphatic heterocycles. The number of ether oxygens (including phenoxy) is 3. The van der Waals surface area contributed by atoms with Gasteiger partial charge in [0.2, 0.25) is 0 Å². The minimum absolute atomic E-state index is 0.176. The molecule has 0 radical (unpaired) electrons. The molecule has 0 spiro atoms. The second kappa shape index (κ2) is 9.25. The fourth-order valence-electron chi connectivity index (χ4n) is 4.82. The maximum absolute atomic E-state index is 13.6. The van der Waals surface area contributed by atoms with Gasteiger partial charge in [-0.25, -0.2) is 4.79 Å². The van der Waals surface area contributed by atoms with Gasteiger partial charge in [-0.05, 0) is 54.8 Å². The summed E-state index contributed by atoms with van der Waals surface area (Å²) in [5, 5.41) is 4.18. The fourth-order valence-corrected chi connectivity index (χ4v) is 4.82. The molecule has 4 aromatic rings. The Morgan fingerprint density at radius 1 is 0.943 bits per heavy atom. The van der Waals surface area contributed by atoms with Crippen LogP contribution in [0.2, 0.25) is 0 Å². The van der Waals surface area contributed by atoms with Crippen LogP contribution < -0.4 is 19.5 Å². The van der Waals surface area contributed by atoms with Crippen molar-refractivity contribution in [2.75, 3.05) is 33.2 Å². The van der Waals surface area contributed by atoms with Crippen LogP contribution in [0.5, 0.6) is 17.2 Å². The number of carbonyl (C=O) groups is 1. The Morgan fingerprint density at radius 3 is 2.43 bits per heavy atom. The van der Waals surface area contributed by atoms with Crippen LogP contribution >= 0.6 is 0 Å². The molecule has 0 aliphatic carbocycles. The van der Waals surface area contributed by atoms with E-state index < -0.39 is 0 Å². The number of carbonyl (C=O) groups excluding carboxylic acids is 1. The van der Waals surface area contributed by atoms with Gasteiger partial charge in [0.15, 0.2) is 11.5 Å². The highest BCUT2D eigenvalue weighted by Crippen LogP contribution is 2.40. The molecule has 7 heteroatoms. The molecule has 1 aliphatic rings. The standard InChI is InChI=1S/C28H29N3O4/c1-17-5-7-18(8-6-17)27-26-21(22-16-20(33-2)10-11-23(22)30-26)13-14-31(27)28(32)29-19-9-12-24(34-3)25(15-19)35-4/h5-12,15-16,27,30H,13-14H2,1-4H3,(H,29,32)/t27-/m1/s1. The fraction of sp³-hybridized carbons (Fsp3) is 0.250. The van der Waals surface area contributed by atoms with Gasteiger partial charge < -0.3 is 29.4 Å². The Bertz CT molecular complexity index is 1380. The number of aromatic nitrogens is 1. The summed E-state index contributed by atoms with van der Waals surface area (Å²) < 4.78 is 16.2. The van der Waals surface area contributed by atoms with Gasteiger partial charge in [0.1, 0.15) is 5.75 Å². The number of anilines is 1. The first-order chi connectivity index (χ1) is 17.0. The number of rotatable bonds is 5. The number of benzene rings is 3. The lowest BCUT2D eigenvalue weighted by molar-refractivity contribution is 0.193. The highest BCUT2D eigenvalue weighted by atomic mass is 16.5. The van der Waals surface area contributed by atoms with Crippen molar-refractivity contribution in [3.8, 4) is 17.2 Å². The predicted molar refractivity (Wildman–Crippen MR) is 137 cm³/mol. The van der Waals surface area contributed by atoms with Crippen molar-refractivity contribution in [3.63, 3.8) is 0 Å². The summed E-state index contributed by atoms with van der Waals surface area (Å²) in [4.78, 5) is 19.1. The minimum Gasteiger partial charge on any atom is -0.497 e. The molecule has 2 heterocycles. The second-order valence-corrected chi connectivity index (χ2v) is 8.69. The van der Waals surface area contributed by atoms with Crippen LogP contribution in [-0.4, -0.2) is 43.8 Å². The van der Waals surface area contributed by atoms with Crippen molar-refractivity contribution >= 4 is 22.6 Å². The third kappa shape index (κ3) is 4.14. The smallest absolute Gasteiger partial charge is 0.322 e. The lowest BCUT2D eigenvalue weighted by atomic mass is 9.92. The van der Waals surface area contributed by atoms with Crippen LogP contribution in [-0.2, 0) is 6.42 Å². The molecule has 0 fully saturated rings. The molecule has 2 amide bonds. The van der Waals surface area contributed by atoms with Crippen molar-refractivity contribution < 1.29 is 19.0 Å². The summed E-state index contributed by atoms with van der Waals surface area (Å²) in [6.07, 6.45) is 0.740. The summed E-state index contributed by atoms with van der Waals surface area (Å²) in [7, 11) is 4.84. The van der Waals surface area contributed by atoms with E-state index in [2.05, 4.69) is 47.6 Å². The number of amides is 2. The molecular formula is C28H29N3O4. The first-order valence-corrected chi connectivity index (χ1v) is 11.6. The number of H-pyrrole nitrogens is 1. The number of methoxy groups -OCH3 is 3. The van der Waals surface area contributed by atoms with E-state index in [1.54, 1.807) is 33.5 Å². The van der Waals surface area contributed by atoms with Crippen LogP contribution in [0.4, 0.5) is 10.5 Å². The zero-order valence-corrected chi connectivity index (χ0v) is 20.3. The molecule has 1 aromatic heterocycles. The Balaban J connectivity index is 1.54. The number of aromatic amines is 1. The van der Waals surface area contributed by atoms with Gasteiger partial charge in [-0.3, -0.25) is 0 Å². The number of nitrogens with zero attached hydrogens (tertiary/aromatic N) is 1. The van der Waals surface area contributed by atoms with E-state index in [0.717, 1.165) is 34.3 Å². The third-order valence-electron chi connectivity index (χ3n) is 6.62. The van der Waals surface area contributed by atoms with E-state index in [9.17, 15) is 4.79 Å². The normalized spacial score (nSPS) is 15.0. The van der Waals surface area contributed by atoms with Crippen LogP contribution in [0.1, 0.15) is 28.4 Å². The highest BCUT2D eigenvalue weighted by molar-refractivity contribution is 5.92. The van der Waals surface area contributed by atoms with E-state index in [4.69, 9.17) is 14.2 Å². The zero-order valence-electron chi connectivity index (χ0n) is 20.3. The molecule has 1 atom stereocenters. The summed E-state index contributed by atoms with van der Waals surface area (Å²) >= 11 is 0. The molecule has 0 saturated heterocycles. The van der Waals surface area contributed by atoms with Gasteiger partial charge in [-0.1, -0.05) is 29.8 Å². The van der Waals surface area contributed by atoms with Crippen molar-refractivity contribution in [2.24, 2.45) is 0 Å². The number of hydrogen-bond acceptors (Lipinski definition) is 4. The lowest BCUT2D eigenvalue weighted by Crippen LogP contribution is -2.43. The molecular weight excluding hydrogens is 442 g/mol. The average molecular weight is 472 g/mol. The third-order valence-corrected chi connectivity index (χ3v) is 6.62. The monoisotopic (exact) mass is 471 g/mol. The maximum atomic E-state index is 13.6. The van der Waals surface area contributed by atoms with E-state index >= 15 is 0 Å². The number of aryl methyl sites for hydroxylation is 1. The van der Waals surface area contributed by atoms with Crippen molar-refractivity contribution in [2.45, 2.75) is 19.4 Å². The van der Waals surface area contributed by atoms with Gasteiger partial charge in [0.25, 0.3) is 0 Å². The van der Waals surface area contributed by atoms with E-state index in [1.165, 1.54) is 11.1 Å². The highest BCUT2D eigenvalue weighted by Gasteiger charge is 2.34. The van der Waals surface area contributed by atoms with Crippen LogP contribution in [0.15, 0.2) is 60.7 Å². The maximum Gasteiger partial charge on any atom is 0.322 e. The summed E-state index contributed by atoms with van der Waals surface area (Å²) in [6, 6.07) is 19.3. The summed E-state index contributed by atoms with van der Waals surface area (Å²) in [6.45, 7) is 2.64. The Morgan fingerprint density at radius 2 is 1.71 bits per heavy atom. The largest absolute Gasteiger partial charge is 0.497 e. The Kier molecular flexibility index (Phi) is 5.99. The predicted octanol–water partition coefficient (Wildman–Crippen LogP) is 5.68. The number of nitrogens with one attached hydrogen (secondary N) is 2. The molecule has 3 aromatic carbocycles. The minimum atomic E-state index is -0.252. The first kappa shape index (κ1) is 22.7. The van der Waals surface area contributed by atoms with Crippen LogP contribution in [0.3, 0.4) is 0 Å². The molecule has 180 valence electrons. The van der Waals surface area contributed by atoms with Gasteiger partial charge in [0, 0.05) is 34.9 Å². The summed E-state index contributed by atoms with van der Waals surface area (Å²) in [5.41, 5.74) is 6.16. The van der Waals surface area contributed by atoms with Crippen LogP contribution in [0, 0.1) is 6.92 Å². The Hall–Kier alpha value is -4.13. The number of urea groups is 1. The molecule has 2 N–H and O–H groups in total. The number of hydrogen-bond donors (Lipinski definition) is 2. The molecule has 5 rings (SSSR count). The average Bonchev–Trinajstić information content (AvgIpc) is 3.26. The SMILES string of the molecule is COc1ccc2[nH]c3c(c2c1)CCN(C(=O)Nc1ccc(OC)c(OC)c1)[C@@H]3c1ccc(C)cc1. The van der Waals surface area contributed by atoms with E-state index in [-0.39, 0.29) is 12.1 Å². The quantitative estimate of drug-likeness (QED) is 0.393. The van der Waals surface area contributed by atoms with Crippen molar-refractivity contribution in [1.82, 2.24) is 9.88 Å². The molecule has 7 nitrogen and oxygen atoms in total. The van der Waals surface area contributed by atoms with Crippen LogP contribution in [0.25, 0.3) is 10.9 Å². The van der Waals surface area contributed by atoms with E-state index in [1.807, 2.05) is 23.1 Å². The second-order valence-electron chi connectivity index (χ2n) is 8.69. The van der Waals surface area contributed by atoms with Gasteiger partial charge in [-0.15, -0.1) is 0 Å². The molecule has 0 saturated carbocycles.